The zero-order valence-corrected chi connectivity index (χ0v) is 29.5. The van der Waals surface area contributed by atoms with Gasteiger partial charge in [-0.1, -0.05) is 48.0 Å². The molecule has 0 bridgehead atoms. The predicted octanol–water partition coefficient (Wildman–Crippen LogP) is 0.232. The number of piperazine rings is 1. The van der Waals surface area contributed by atoms with E-state index in [1.54, 1.807) is 37.3 Å². The lowest BCUT2D eigenvalue weighted by atomic mass is 10.0. The van der Waals surface area contributed by atoms with Gasteiger partial charge in [0.15, 0.2) is 0 Å². The molecule has 4 saturated heterocycles. The predicted molar refractivity (Wildman–Crippen MR) is 188 cm³/mol. The summed E-state index contributed by atoms with van der Waals surface area (Å²) in [7, 11) is 0. The molecule has 4 aliphatic rings. The topological polar surface area (TPSA) is 224 Å². The maximum absolute atomic E-state index is 14.0. The minimum absolute atomic E-state index is 0.00199. The summed E-state index contributed by atoms with van der Waals surface area (Å²) in [6.45, 7) is 1.46. The molecule has 20 heteroatoms. The lowest BCUT2D eigenvalue weighted by Gasteiger charge is -2.41. The van der Waals surface area contributed by atoms with Crippen LogP contribution in [0, 0.1) is 22.5 Å². The van der Waals surface area contributed by atoms with E-state index < -0.39 is 68.9 Å². The Morgan fingerprint density at radius 1 is 1.07 bits per heavy atom. The molecule has 4 atom stereocenters. The van der Waals surface area contributed by atoms with Crippen molar-refractivity contribution in [1.29, 1.82) is 0 Å². The molecule has 2 N–H and O–H groups in total. The number of fused-ring (bicyclic) bond motifs is 1. The Hall–Kier alpha value is -6.49. The molecule has 1 unspecified atom stereocenters. The van der Waals surface area contributed by atoms with Crippen molar-refractivity contribution in [3.63, 3.8) is 0 Å². The number of imide groups is 1. The van der Waals surface area contributed by atoms with E-state index in [1.807, 2.05) is 0 Å². The number of nitrogens with zero attached hydrogens (tertiary/aromatic N) is 7. The van der Waals surface area contributed by atoms with E-state index in [0.717, 1.165) is 27.9 Å². The van der Waals surface area contributed by atoms with Gasteiger partial charge in [-0.3, -0.25) is 39.1 Å². The zero-order valence-electron chi connectivity index (χ0n) is 28.7. The summed E-state index contributed by atoms with van der Waals surface area (Å²) < 4.78 is 5.65. The van der Waals surface area contributed by atoms with Crippen LogP contribution in [-0.2, 0) is 35.3 Å². The molecule has 0 aliphatic carbocycles. The van der Waals surface area contributed by atoms with Crippen LogP contribution in [0.4, 0.5) is 15.3 Å². The Bertz CT molecular complexity index is 1970. The first-order valence-corrected chi connectivity index (χ1v) is 17.5. The standard InChI is InChI=1S/C34H33N9O10S/c1-3-14-35-42-18-17-41(33(42)50)34(31(48)53-19-21-10-12-23(13-11-21)43(51)52)20-40-27(45)25(30(40)54-34)36-26(44)24(22-8-6-5-7-9-22)37-32(49)39-16-15-38(4-2)28(46)29(39)47/h1,5-14,24-25,30H,4,15-20H2,2H3,(H,36,44)(H,37,49)/b35-14+/t24?,25-,30-,34-/m1/s1. The molecule has 4 heterocycles. The Morgan fingerprint density at radius 2 is 1.80 bits per heavy atom. The highest BCUT2D eigenvalue weighted by Crippen LogP contribution is 2.50. The molecule has 19 nitrogen and oxygen atoms in total. The third-order valence-electron chi connectivity index (χ3n) is 9.27. The number of terminal acetylenes is 1. The van der Waals surface area contributed by atoms with Gasteiger partial charge in [0, 0.05) is 38.3 Å². The van der Waals surface area contributed by atoms with Crippen molar-refractivity contribution in [1.82, 2.24) is 35.2 Å². The molecule has 4 fully saturated rings. The number of non-ortho nitro benzene ring substituents is 1. The molecule has 0 aromatic heterocycles. The maximum Gasteiger partial charge on any atom is 0.345 e. The first-order valence-electron chi connectivity index (χ1n) is 16.6. The fourth-order valence-electron chi connectivity index (χ4n) is 6.40. The van der Waals surface area contributed by atoms with E-state index in [-0.39, 0.29) is 51.6 Å². The molecule has 280 valence electrons. The average Bonchev–Trinajstić information content (AvgIpc) is 3.74. The second-order valence-corrected chi connectivity index (χ2v) is 13.7. The van der Waals surface area contributed by atoms with Crippen LogP contribution in [0.1, 0.15) is 24.1 Å². The monoisotopic (exact) mass is 759 g/mol. The summed E-state index contributed by atoms with van der Waals surface area (Å²) in [5.41, 5.74) is 0.583. The molecular weight excluding hydrogens is 726 g/mol. The summed E-state index contributed by atoms with van der Waals surface area (Å²) in [6.07, 6.45) is 6.34. The minimum atomic E-state index is -1.79. The van der Waals surface area contributed by atoms with Crippen molar-refractivity contribution in [2.75, 3.05) is 39.3 Å². The molecular formula is C34H33N9O10S. The number of nitrogens with one attached hydrogen (secondary N) is 2. The summed E-state index contributed by atoms with van der Waals surface area (Å²) in [4.78, 5) is 107. The van der Waals surface area contributed by atoms with E-state index in [4.69, 9.17) is 11.2 Å². The fourth-order valence-corrected chi connectivity index (χ4v) is 8.09. The number of nitro benzene ring substituents is 1. The van der Waals surface area contributed by atoms with Crippen LogP contribution in [0.3, 0.4) is 0 Å². The highest BCUT2D eigenvalue weighted by Gasteiger charge is 2.67. The number of hydrogen-bond donors (Lipinski definition) is 2. The third-order valence-corrected chi connectivity index (χ3v) is 10.9. The van der Waals surface area contributed by atoms with Crippen LogP contribution < -0.4 is 10.6 Å². The minimum Gasteiger partial charge on any atom is -0.458 e. The second kappa shape index (κ2) is 15.2. The quantitative estimate of drug-likeness (QED) is 0.0600. The number of carbonyl (C=O) groups excluding carboxylic acids is 7. The Balaban J connectivity index is 1.21. The normalized spacial score (nSPS) is 22.9. The van der Waals surface area contributed by atoms with Crippen LogP contribution >= 0.6 is 11.8 Å². The smallest absolute Gasteiger partial charge is 0.345 e. The van der Waals surface area contributed by atoms with Gasteiger partial charge in [-0.15, -0.1) is 6.42 Å². The summed E-state index contributed by atoms with van der Waals surface area (Å²) in [6, 6.07) is 9.12. The van der Waals surface area contributed by atoms with Crippen molar-refractivity contribution in [2.45, 2.75) is 35.9 Å². The average molecular weight is 760 g/mol. The van der Waals surface area contributed by atoms with Crippen molar-refractivity contribution < 1.29 is 43.2 Å². The van der Waals surface area contributed by atoms with Crippen LogP contribution in [0.5, 0.6) is 0 Å². The van der Waals surface area contributed by atoms with Gasteiger partial charge in [0.05, 0.1) is 24.2 Å². The number of thioether (sulfide) groups is 1. The summed E-state index contributed by atoms with van der Waals surface area (Å²) in [5.74, 6) is -1.97. The number of nitro groups is 1. The van der Waals surface area contributed by atoms with E-state index in [1.165, 1.54) is 39.0 Å². The molecule has 0 saturated carbocycles. The number of β-lactam (4-membered cyclic amide) rings is 1. The number of ether oxygens (including phenoxy) is 1. The highest BCUT2D eigenvalue weighted by molar-refractivity contribution is 8.02. The van der Waals surface area contributed by atoms with Gasteiger partial charge < -0.3 is 25.2 Å². The number of benzene rings is 2. The number of esters is 1. The molecule has 0 radical (unpaired) electrons. The van der Waals surface area contributed by atoms with Gasteiger partial charge >= 0.3 is 29.8 Å². The van der Waals surface area contributed by atoms with Gasteiger partial charge in [-0.2, -0.15) is 5.10 Å². The maximum atomic E-state index is 14.0. The fraction of sp³-hybridized carbons (Fsp3) is 0.353. The Labute approximate surface area is 311 Å². The van der Waals surface area contributed by atoms with Gasteiger partial charge in [-0.25, -0.2) is 19.4 Å². The van der Waals surface area contributed by atoms with Crippen LogP contribution in [0.25, 0.3) is 0 Å². The molecule has 0 spiro atoms. The van der Waals surface area contributed by atoms with Gasteiger partial charge in [-0.05, 0) is 30.2 Å². The van der Waals surface area contributed by atoms with Crippen molar-refractivity contribution >= 4 is 65.3 Å². The molecule has 2 aromatic carbocycles. The SMILES string of the molecule is C#C/C=N/N1CCN([C@]2(C(=O)OCc3ccc([N+](=O)[O-])cc3)CN3C(=O)[C@@H](NC(=O)C(NC(=O)N4CCN(CC)C(=O)C4=O)c4ccccc4)[C@H]3S2)C1=O. The van der Waals surface area contributed by atoms with E-state index in [9.17, 15) is 43.7 Å². The van der Waals surface area contributed by atoms with Crippen molar-refractivity contribution in [3.05, 3.63) is 75.8 Å². The van der Waals surface area contributed by atoms with Gasteiger partial charge in [0.1, 0.15) is 24.1 Å². The number of urea groups is 2. The van der Waals surface area contributed by atoms with Crippen LogP contribution in [0.15, 0.2) is 59.7 Å². The largest absolute Gasteiger partial charge is 0.458 e. The van der Waals surface area contributed by atoms with Gasteiger partial charge in [0.25, 0.3) is 5.69 Å². The number of amides is 8. The molecule has 54 heavy (non-hydrogen) atoms. The van der Waals surface area contributed by atoms with E-state index in [0.29, 0.717) is 11.1 Å². The van der Waals surface area contributed by atoms with E-state index in [2.05, 4.69) is 21.7 Å². The highest BCUT2D eigenvalue weighted by atomic mass is 32.2. The van der Waals surface area contributed by atoms with Crippen LogP contribution in [0.2, 0.25) is 0 Å². The Kier molecular flexibility index (Phi) is 10.5. The van der Waals surface area contributed by atoms with Gasteiger partial charge in [0.2, 0.25) is 16.7 Å². The number of hydrogen-bond acceptors (Lipinski definition) is 12. The zero-order chi connectivity index (χ0) is 38.7. The van der Waals surface area contributed by atoms with Crippen molar-refractivity contribution in [2.24, 2.45) is 5.10 Å². The van der Waals surface area contributed by atoms with Crippen molar-refractivity contribution in [3.8, 4) is 12.3 Å². The third kappa shape index (κ3) is 6.88. The second-order valence-electron chi connectivity index (χ2n) is 12.3. The van der Waals surface area contributed by atoms with Crippen LogP contribution in [-0.4, -0.2) is 133 Å². The van der Waals surface area contributed by atoms with E-state index >= 15 is 0 Å². The number of carbonyl (C=O) groups is 7. The summed E-state index contributed by atoms with van der Waals surface area (Å²) >= 11 is 0.916. The number of likely N-dealkylation sites (N-methyl/N-ethyl adjacent to an activating group) is 1. The molecule has 2 aromatic rings. The molecule has 8 amide bonds. The number of hydrazone groups is 1. The lowest BCUT2D eigenvalue weighted by molar-refractivity contribution is -0.384. The first-order chi connectivity index (χ1) is 25.9. The first kappa shape index (κ1) is 37.3. The molecule has 4 aliphatic heterocycles. The number of rotatable bonds is 11. The Morgan fingerprint density at radius 3 is 2.46 bits per heavy atom. The summed E-state index contributed by atoms with van der Waals surface area (Å²) in [5, 5.41) is 20.4. The lowest BCUT2D eigenvalue weighted by Crippen LogP contribution is -2.68. The molecule has 6 rings (SSSR count).